The second-order valence-corrected chi connectivity index (χ2v) is 7.78. The highest BCUT2D eigenvalue weighted by molar-refractivity contribution is 5.82. The van der Waals surface area contributed by atoms with E-state index in [9.17, 15) is 14.6 Å². The van der Waals surface area contributed by atoms with E-state index in [4.69, 9.17) is 9.47 Å². The standard InChI is InChI=1S/C22H22FN5O4/c23-15-6-2-1-4-13(15)5-3-7-16-18(29)19(30)22(32-16)28-12-26-17-20(24-11-25-21(17)28)27-14-8-9-31-10-14/h1-2,4,6,11-12,14,16,18-19,22,29-30H,7-10H2,(H,24,25,27)/t14?,16-,18-,19-,22-/m1/s1. The molecule has 1 unspecified atom stereocenters. The predicted octanol–water partition coefficient (Wildman–Crippen LogP) is 1.23. The molecule has 0 aliphatic carbocycles. The number of fused-ring (bicyclic) bond motifs is 1. The Labute approximate surface area is 183 Å². The summed E-state index contributed by atoms with van der Waals surface area (Å²) in [4.78, 5) is 13.0. The van der Waals surface area contributed by atoms with Crippen molar-refractivity contribution in [3.05, 3.63) is 48.3 Å². The molecule has 0 spiro atoms. The summed E-state index contributed by atoms with van der Waals surface area (Å²) in [6.07, 6.45) is -0.103. The molecule has 2 aliphatic heterocycles. The molecule has 0 bridgehead atoms. The third-order valence-corrected chi connectivity index (χ3v) is 5.64. The van der Waals surface area contributed by atoms with E-state index >= 15 is 0 Å². The number of hydrogen-bond donors (Lipinski definition) is 3. The Hall–Kier alpha value is -3.10. The summed E-state index contributed by atoms with van der Waals surface area (Å²) in [7, 11) is 0. The van der Waals surface area contributed by atoms with Gasteiger partial charge in [-0.25, -0.2) is 19.3 Å². The van der Waals surface area contributed by atoms with E-state index in [-0.39, 0.29) is 18.0 Å². The lowest BCUT2D eigenvalue weighted by Gasteiger charge is -2.16. The number of anilines is 1. The monoisotopic (exact) mass is 439 g/mol. The van der Waals surface area contributed by atoms with Crippen LogP contribution < -0.4 is 5.32 Å². The molecule has 2 fully saturated rings. The number of nitrogens with zero attached hydrogens (tertiary/aromatic N) is 4. The summed E-state index contributed by atoms with van der Waals surface area (Å²) < 4.78 is 26.6. The number of nitrogens with one attached hydrogen (secondary N) is 1. The van der Waals surface area contributed by atoms with Gasteiger partial charge in [0.25, 0.3) is 0 Å². The van der Waals surface area contributed by atoms with E-state index in [1.54, 1.807) is 22.8 Å². The molecule has 10 heteroatoms. The zero-order valence-corrected chi connectivity index (χ0v) is 17.1. The van der Waals surface area contributed by atoms with Crippen LogP contribution in [0.4, 0.5) is 10.2 Å². The van der Waals surface area contributed by atoms with Crippen LogP contribution in [0, 0.1) is 17.7 Å². The van der Waals surface area contributed by atoms with Crippen LogP contribution in [-0.2, 0) is 9.47 Å². The molecule has 3 N–H and O–H groups in total. The molecule has 166 valence electrons. The van der Waals surface area contributed by atoms with Crippen molar-refractivity contribution < 1.29 is 24.1 Å². The Bertz CT molecular complexity index is 1170. The van der Waals surface area contributed by atoms with E-state index in [0.29, 0.717) is 30.2 Å². The van der Waals surface area contributed by atoms with Gasteiger partial charge in [-0.1, -0.05) is 24.0 Å². The van der Waals surface area contributed by atoms with Crippen LogP contribution in [0.3, 0.4) is 0 Å². The first-order chi connectivity index (χ1) is 15.6. The van der Waals surface area contributed by atoms with Crippen molar-refractivity contribution in [2.24, 2.45) is 0 Å². The summed E-state index contributed by atoms with van der Waals surface area (Å²) in [5.74, 6) is 5.73. The van der Waals surface area contributed by atoms with Crippen LogP contribution in [-0.4, -0.2) is 67.3 Å². The van der Waals surface area contributed by atoms with Gasteiger partial charge in [0.15, 0.2) is 23.2 Å². The Morgan fingerprint density at radius 2 is 2.06 bits per heavy atom. The van der Waals surface area contributed by atoms with Gasteiger partial charge in [-0.15, -0.1) is 0 Å². The highest BCUT2D eigenvalue weighted by Gasteiger charge is 2.44. The summed E-state index contributed by atoms with van der Waals surface area (Å²) in [5.41, 5.74) is 1.27. The van der Waals surface area contributed by atoms with Gasteiger partial charge < -0.3 is 25.0 Å². The zero-order valence-electron chi connectivity index (χ0n) is 17.1. The van der Waals surface area contributed by atoms with Crippen LogP contribution >= 0.6 is 0 Å². The summed E-state index contributed by atoms with van der Waals surface area (Å²) in [5, 5.41) is 24.4. The van der Waals surface area contributed by atoms with Gasteiger partial charge in [-0.2, -0.15) is 0 Å². The molecule has 1 aromatic carbocycles. The maximum absolute atomic E-state index is 13.7. The number of aromatic nitrogens is 4. The number of benzene rings is 1. The number of hydrogen-bond acceptors (Lipinski definition) is 8. The number of rotatable bonds is 4. The molecule has 5 rings (SSSR count). The second-order valence-electron chi connectivity index (χ2n) is 7.78. The first-order valence-corrected chi connectivity index (χ1v) is 10.4. The van der Waals surface area contributed by atoms with Crippen LogP contribution in [0.15, 0.2) is 36.9 Å². The highest BCUT2D eigenvalue weighted by atomic mass is 19.1. The molecule has 32 heavy (non-hydrogen) atoms. The smallest absolute Gasteiger partial charge is 0.167 e. The summed E-state index contributed by atoms with van der Waals surface area (Å²) in [6.45, 7) is 1.29. The van der Waals surface area contributed by atoms with Crippen LogP contribution in [0.1, 0.15) is 24.6 Å². The highest BCUT2D eigenvalue weighted by Crippen LogP contribution is 2.33. The van der Waals surface area contributed by atoms with Crippen molar-refractivity contribution in [3.8, 4) is 11.8 Å². The van der Waals surface area contributed by atoms with Crippen LogP contribution in [0.25, 0.3) is 11.2 Å². The molecule has 2 aliphatic rings. The molecule has 4 heterocycles. The lowest BCUT2D eigenvalue weighted by atomic mass is 10.1. The quantitative estimate of drug-likeness (QED) is 0.520. The van der Waals surface area contributed by atoms with E-state index < -0.39 is 30.4 Å². The van der Waals surface area contributed by atoms with E-state index in [1.807, 2.05) is 0 Å². The Morgan fingerprint density at radius 1 is 1.19 bits per heavy atom. The van der Waals surface area contributed by atoms with E-state index in [2.05, 4.69) is 32.1 Å². The predicted molar refractivity (Wildman–Crippen MR) is 112 cm³/mol. The lowest BCUT2D eigenvalue weighted by Crippen LogP contribution is -2.31. The Balaban J connectivity index is 1.34. The topological polar surface area (TPSA) is 115 Å². The molecule has 2 saturated heterocycles. The maximum Gasteiger partial charge on any atom is 0.167 e. The van der Waals surface area contributed by atoms with Gasteiger partial charge >= 0.3 is 0 Å². The molecule has 0 saturated carbocycles. The van der Waals surface area contributed by atoms with Gasteiger partial charge in [0.2, 0.25) is 0 Å². The molecule has 9 nitrogen and oxygen atoms in total. The minimum absolute atomic E-state index is 0.124. The molecular weight excluding hydrogens is 417 g/mol. The van der Waals surface area contributed by atoms with Gasteiger partial charge in [-0.05, 0) is 18.6 Å². The Morgan fingerprint density at radius 3 is 2.88 bits per heavy atom. The maximum atomic E-state index is 13.7. The van der Waals surface area contributed by atoms with Gasteiger partial charge in [0, 0.05) is 13.0 Å². The van der Waals surface area contributed by atoms with Crippen molar-refractivity contribution >= 4 is 17.0 Å². The number of ether oxygens (including phenoxy) is 2. The normalized spacial score (nSPS) is 27.4. The Kier molecular flexibility index (Phi) is 5.71. The average Bonchev–Trinajstić information content (AvgIpc) is 3.52. The first kappa shape index (κ1) is 20.8. The molecular formula is C22H22FN5O4. The fourth-order valence-corrected chi connectivity index (χ4v) is 3.92. The molecule has 3 aromatic rings. The van der Waals surface area contributed by atoms with Crippen molar-refractivity contribution in [1.29, 1.82) is 0 Å². The minimum Gasteiger partial charge on any atom is -0.387 e. The summed E-state index contributed by atoms with van der Waals surface area (Å²) in [6, 6.07) is 6.34. The molecule has 0 radical (unpaired) electrons. The summed E-state index contributed by atoms with van der Waals surface area (Å²) >= 11 is 0. The minimum atomic E-state index is -1.21. The molecule has 5 atom stereocenters. The molecule has 2 aromatic heterocycles. The van der Waals surface area contributed by atoms with Crippen LogP contribution in [0.2, 0.25) is 0 Å². The van der Waals surface area contributed by atoms with Gasteiger partial charge in [0.05, 0.1) is 30.6 Å². The first-order valence-electron chi connectivity index (χ1n) is 10.4. The van der Waals surface area contributed by atoms with E-state index in [1.165, 1.54) is 18.7 Å². The van der Waals surface area contributed by atoms with Gasteiger partial charge in [0.1, 0.15) is 24.4 Å². The average molecular weight is 439 g/mol. The zero-order chi connectivity index (χ0) is 22.1. The van der Waals surface area contributed by atoms with Gasteiger partial charge in [-0.3, -0.25) is 4.57 Å². The third kappa shape index (κ3) is 3.91. The third-order valence-electron chi connectivity index (χ3n) is 5.64. The largest absolute Gasteiger partial charge is 0.387 e. The van der Waals surface area contributed by atoms with Crippen LogP contribution in [0.5, 0.6) is 0 Å². The van der Waals surface area contributed by atoms with E-state index in [0.717, 1.165) is 6.42 Å². The van der Waals surface area contributed by atoms with Crippen molar-refractivity contribution in [2.75, 3.05) is 18.5 Å². The van der Waals surface area contributed by atoms with Crippen molar-refractivity contribution in [2.45, 2.75) is 43.4 Å². The fraction of sp³-hybridized carbons (Fsp3) is 0.409. The number of imidazole rings is 1. The number of aliphatic hydroxyl groups excluding tert-OH is 2. The van der Waals surface area contributed by atoms with Crippen molar-refractivity contribution in [1.82, 2.24) is 19.5 Å². The molecule has 0 amide bonds. The fourth-order valence-electron chi connectivity index (χ4n) is 3.92. The lowest BCUT2D eigenvalue weighted by molar-refractivity contribution is -0.0332. The number of aliphatic hydroxyl groups is 2. The van der Waals surface area contributed by atoms with Crippen molar-refractivity contribution in [3.63, 3.8) is 0 Å². The number of halogens is 1. The SMILES string of the molecule is O[C@@H]1[C@H](O)[C@@H](CC#Cc2ccccc2F)O[C@H]1n1cnc2c(NC3CCOC3)ncnc21. The second kappa shape index (κ2) is 8.80.